The normalized spacial score (nSPS) is 19.8. The van der Waals surface area contributed by atoms with Crippen LogP contribution >= 0.6 is 0 Å². The lowest BCUT2D eigenvalue weighted by atomic mass is 10.1. The number of nitrogens with zero attached hydrogens (tertiary/aromatic N) is 7. The molecule has 2 fully saturated rings. The van der Waals surface area contributed by atoms with E-state index in [9.17, 15) is 9.59 Å². The van der Waals surface area contributed by atoms with E-state index in [0.717, 1.165) is 50.1 Å². The van der Waals surface area contributed by atoms with Crippen LogP contribution in [0.5, 0.6) is 0 Å². The molecular weight excluding hydrogens is 444 g/mol. The first-order valence-electron chi connectivity index (χ1n) is 12.2. The van der Waals surface area contributed by atoms with Gasteiger partial charge in [0.15, 0.2) is 5.65 Å². The molecule has 0 saturated carbocycles. The zero-order valence-corrected chi connectivity index (χ0v) is 20.1. The molecule has 35 heavy (non-hydrogen) atoms. The second-order valence-electron chi connectivity index (χ2n) is 9.76. The van der Waals surface area contributed by atoms with E-state index in [0.29, 0.717) is 35.7 Å². The average molecular weight is 475 g/mol. The van der Waals surface area contributed by atoms with Crippen LogP contribution in [0.2, 0.25) is 0 Å². The van der Waals surface area contributed by atoms with E-state index in [4.69, 9.17) is 10.7 Å². The van der Waals surface area contributed by atoms with Gasteiger partial charge in [0, 0.05) is 52.0 Å². The van der Waals surface area contributed by atoms with E-state index in [2.05, 4.69) is 21.8 Å². The minimum Gasteiger partial charge on any atom is -0.339 e. The lowest BCUT2D eigenvalue weighted by molar-refractivity contribution is 0.0791. The summed E-state index contributed by atoms with van der Waals surface area (Å²) in [5.41, 5.74) is 8.77. The fraction of sp³-hybridized carbons (Fsp3) is 0.440. The Kier molecular flexibility index (Phi) is 5.23. The predicted molar refractivity (Wildman–Crippen MR) is 136 cm³/mol. The highest BCUT2D eigenvalue weighted by Crippen LogP contribution is 2.27. The molecule has 1 unspecified atom stereocenters. The van der Waals surface area contributed by atoms with E-state index in [-0.39, 0.29) is 22.9 Å². The van der Waals surface area contributed by atoms with Crippen molar-refractivity contribution in [2.45, 2.75) is 18.9 Å². The topological polar surface area (TPSA) is 105 Å². The molecule has 0 aliphatic carbocycles. The highest BCUT2D eigenvalue weighted by molar-refractivity contribution is 6.05. The number of hydrogen-bond donors (Lipinski definition) is 1. The van der Waals surface area contributed by atoms with Crippen LogP contribution < -0.4 is 16.1 Å². The molecule has 1 amide bonds. The SMILES string of the molecule is CN1CCCN(c2ncc3c(=O)c(C(=O)N4CCC(N)C4)c4n(C)c5ccccc5n4c3n2)CC1. The third kappa shape index (κ3) is 3.47. The van der Waals surface area contributed by atoms with Gasteiger partial charge in [-0.3, -0.25) is 14.0 Å². The van der Waals surface area contributed by atoms with Crippen molar-refractivity contribution >= 4 is 39.6 Å². The molecule has 0 bridgehead atoms. The summed E-state index contributed by atoms with van der Waals surface area (Å²) in [4.78, 5) is 43.2. The largest absolute Gasteiger partial charge is 0.339 e. The molecule has 4 aromatic rings. The minimum atomic E-state index is -0.335. The summed E-state index contributed by atoms with van der Waals surface area (Å²) in [7, 11) is 4.01. The van der Waals surface area contributed by atoms with Crippen LogP contribution in [-0.4, -0.2) is 87.0 Å². The standard InChI is InChI=1S/C25H30N8O2/c1-29-9-5-10-31(13-12-29)25-27-14-17-21(34)20(24(35)32-11-8-16(26)15-32)23-30(2)18-6-3-4-7-19(18)33(23)22(17)28-25/h3-4,6-7,14,16H,5,8-13,15,26H2,1-2H3. The monoisotopic (exact) mass is 474 g/mol. The molecule has 0 spiro atoms. The summed E-state index contributed by atoms with van der Waals surface area (Å²) in [6.07, 6.45) is 3.35. The highest BCUT2D eigenvalue weighted by Gasteiger charge is 2.31. The number of likely N-dealkylation sites (N-methyl/N-ethyl adjacent to an activating group) is 1. The number of aromatic nitrogens is 4. The van der Waals surface area contributed by atoms with Gasteiger partial charge < -0.3 is 25.0 Å². The number of hydrogen-bond acceptors (Lipinski definition) is 7. The highest BCUT2D eigenvalue weighted by atomic mass is 16.2. The van der Waals surface area contributed by atoms with Gasteiger partial charge in [-0.25, -0.2) is 4.98 Å². The zero-order chi connectivity index (χ0) is 24.3. The third-order valence-electron chi connectivity index (χ3n) is 7.40. The van der Waals surface area contributed by atoms with Crippen LogP contribution in [0.3, 0.4) is 0 Å². The second kappa shape index (κ2) is 8.31. The van der Waals surface area contributed by atoms with Crippen LogP contribution in [0.25, 0.3) is 27.7 Å². The number of pyridine rings is 1. The molecule has 10 heteroatoms. The van der Waals surface area contributed by atoms with Gasteiger partial charge in [-0.05, 0) is 38.6 Å². The van der Waals surface area contributed by atoms with E-state index in [1.54, 1.807) is 11.1 Å². The Balaban J connectivity index is 1.63. The quantitative estimate of drug-likeness (QED) is 0.463. The predicted octanol–water partition coefficient (Wildman–Crippen LogP) is 1.05. The van der Waals surface area contributed by atoms with Crippen molar-refractivity contribution in [1.29, 1.82) is 0 Å². The number of likely N-dealkylation sites (tertiary alicyclic amines) is 1. The van der Waals surface area contributed by atoms with Gasteiger partial charge in [-0.2, -0.15) is 4.98 Å². The Morgan fingerprint density at radius 3 is 2.63 bits per heavy atom. The lowest BCUT2D eigenvalue weighted by Gasteiger charge is -2.21. The number of nitrogens with two attached hydrogens (primary N) is 1. The van der Waals surface area contributed by atoms with Gasteiger partial charge in [0.1, 0.15) is 11.2 Å². The second-order valence-corrected chi connectivity index (χ2v) is 9.76. The van der Waals surface area contributed by atoms with Crippen molar-refractivity contribution in [3.8, 4) is 0 Å². The first kappa shape index (κ1) is 22.0. The molecule has 2 aliphatic rings. The van der Waals surface area contributed by atoms with Crippen LogP contribution in [0.4, 0.5) is 5.95 Å². The lowest BCUT2D eigenvalue weighted by Crippen LogP contribution is -2.35. The summed E-state index contributed by atoms with van der Waals surface area (Å²) < 4.78 is 3.87. The first-order valence-corrected chi connectivity index (χ1v) is 12.2. The van der Waals surface area contributed by atoms with Crippen molar-refractivity contribution < 1.29 is 4.79 Å². The maximum Gasteiger partial charge on any atom is 0.261 e. The molecule has 2 aliphatic heterocycles. The summed E-state index contributed by atoms with van der Waals surface area (Å²) in [5.74, 6) is 0.325. The van der Waals surface area contributed by atoms with Crippen LogP contribution in [0, 0.1) is 0 Å². The van der Waals surface area contributed by atoms with Gasteiger partial charge in [0.2, 0.25) is 11.4 Å². The van der Waals surface area contributed by atoms with Gasteiger partial charge in [0.05, 0.1) is 16.4 Å². The average Bonchev–Trinajstić information content (AvgIpc) is 3.34. The third-order valence-corrected chi connectivity index (χ3v) is 7.40. The maximum absolute atomic E-state index is 13.8. The van der Waals surface area contributed by atoms with Gasteiger partial charge in [-0.1, -0.05) is 12.1 Å². The summed E-state index contributed by atoms with van der Waals surface area (Å²) in [6.45, 7) is 4.63. The number of carbonyl (C=O) groups excluding carboxylic acids is 1. The Bertz CT molecular complexity index is 1520. The number of benzene rings is 1. The number of para-hydroxylation sites is 2. The number of fused-ring (bicyclic) bond motifs is 5. The van der Waals surface area contributed by atoms with E-state index < -0.39 is 0 Å². The van der Waals surface area contributed by atoms with Gasteiger partial charge in [0.25, 0.3) is 5.91 Å². The molecule has 5 heterocycles. The van der Waals surface area contributed by atoms with Crippen molar-refractivity contribution in [2.75, 3.05) is 51.2 Å². The smallest absolute Gasteiger partial charge is 0.261 e. The fourth-order valence-corrected chi connectivity index (χ4v) is 5.46. The number of rotatable bonds is 2. The fourth-order valence-electron chi connectivity index (χ4n) is 5.46. The van der Waals surface area contributed by atoms with Crippen molar-refractivity contribution in [3.05, 3.63) is 46.2 Å². The number of carbonyl (C=O) groups is 1. The van der Waals surface area contributed by atoms with E-state index >= 15 is 0 Å². The number of anilines is 1. The maximum atomic E-state index is 13.8. The van der Waals surface area contributed by atoms with E-state index in [1.807, 2.05) is 40.3 Å². The Morgan fingerprint density at radius 1 is 1.06 bits per heavy atom. The summed E-state index contributed by atoms with van der Waals surface area (Å²) in [5, 5.41) is 0.349. The molecule has 1 atom stereocenters. The van der Waals surface area contributed by atoms with Gasteiger partial charge in [-0.15, -0.1) is 0 Å². The van der Waals surface area contributed by atoms with Crippen LogP contribution in [-0.2, 0) is 7.05 Å². The molecule has 0 radical (unpaired) electrons. The first-order chi connectivity index (χ1) is 16.9. The molecule has 2 saturated heterocycles. The Labute approximate surface area is 202 Å². The molecular formula is C25H30N8O2. The molecule has 3 aromatic heterocycles. The Morgan fingerprint density at radius 2 is 1.86 bits per heavy atom. The molecule has 182 valence electrons. The summed E-state index contributed by atoms with van der Waals surface area (Å²) >= 11 is 0. The van der Waals surface area contributed by atoms with Crippen LogP contribution in [0.15, 0.2) is 35.3 Å². The van der Waals surface area contributed by atoms with E-state index in [1.165, 1.54) is 0 Å². The number of aryl methyl sites for hydroxylation is 1. The number of imidazole rings is 1. The molecule has 6 rings (SSSR count). The molecule has 1 aromatic carbocycles. The number of amides is 1. The zero-order valence-electron chi connectivity index (χ0n) is 20.1. The van der Waals surface area contributed by atoms with Crippen LogP contribution in [0.1, 0.15) is 23.2 Å². The molecule has 10 nitrogen and oxygen atoms in total. The molecule has 2 N–H and O–H groups in total. The minimum absolute atomic E-state index is 0.0660. The van der Waals surface area contributed by atoms with Crippen molar-refractivity contribution in [1.82, 2.24) is 28.7 Å². The van der Waals surface area contributed by atoms with Crippen molar-refractivity contribution in [2.24, 2.45) is 12.8 Å². The Hall–Kier alpha value is -3.50. The summed E-state index contributed by atoms with van der Waals surface area (Å²) in [6, 6.07) is 7.83. The van der Waals surface area contributed by atoms with Gasteiger partial charge >= 0.3 is 0 Å². The van der Waals surface area contributed by atoms with Crippen molar-refractivity contribution in [3.63, 3.8) is 0 Å².